The van der Waals surface area contributed by atoms with Crippen LogP contribution in [0, 0.1) is 0 Å². The second-order valence-electron chi connectivity index (χ2n) is 17.7. The van der Waals surface area contributed by atoms with Crippen LogP contribution in [0.4, 0.5) is 17.1 Å². The predicted molar refractivity (Wildman–Crippen MR) is 294 cm³/mol. The lowest BCUT2D eigenvalue weighted by Gasteiger charge is -2.29. The molecule has 0 spiro atoms. The molecule has 1 heteroatoms. The lowest BCUT2D eigenvalue weighted by molar-refractivity contribution is 1.28. The fourth-order valence-corrected chi connectivity index (χ4v) is 9.83. The SMILES string of the molecule is c1ccc(-c2ccc(-c3ccc(N(c4ccc(-c5ccc(-c6ccccc6)c(-c6ccccc6)c5)cc4)c4cc(-c5ccc6ccccc6c5)ccc4-c4ccc5ccccc5c4)cc3)cc2)cc1. The van der Waals surface area contributed by atoms with E-state index in [4.69, 9.17) is 0 Å². The van der Waals surface area contributed by atoms with Crippen molar-refractivity contribution in [2.45, 2.75) is 0 Å². The van der Waals surface area contributed by atoms with E-state index in [0.717, 1.165) is 39.3 Å². The maximum atomic E-state index is 2.44. The quantitative estimate of drug-likeness (QED) is 0.132. The van der Waals surface area contributed by atoms with Gasteiger partial charge in [0.2, 0.25) is 0 Å². The smallest absolute Gasteiger partial charge is 0.0546 e. The van der Waals surface area contributed by atoms with Gasteiger partial charge in [0.1, 0.15) is 0 Å². The maximum absolute atomic E-state index is 2.44. The number of hydrogen-bond donors (Lipinski definition) is 0. The summed E-state index contributed by atoms with van der Waals surface area (Å²) in [6.45, 7) is 0. The van der Waals surface area contributed by atoms with Gasteiger partial charge in [-0.2, -0.15) is 0 Å². The molecule has 12 aromatic carbocycles. The largest absolute Gasteiger partial charge is 0.310 e. The highest BCUT2D eigenvalue weighted by molar-refractivity contribution is 5.96. The van der Waals surface area contributed by atoms with Crippen LogP contribution in [0.25, 0.3) is 99.4 Å². The van der Waals surface area contributed by atoms with Gasteiger partial charge in [0, 0.05) is 16.9 Å². The number of fused-ring (bicyclic) bond motifs is 2. The van der Waals surface area contributed by atoms with Gasteiger partial charge < -0.3 is 4.90 Å². The highest BCUT2D eigenvalue weighted by Gasteiger charge is 2.20. The van der Waals surface area contributed by atoms with Crippen molar-refractivity contribution >= 4 is 38.6 Å². The first kappa shape index (κ1) is 41.4. The average Bonchev–Trinajstić information content (AvgIpc) is 3.44. The molecule has 324 valence electrons. The Morgan fingerprint density at radius 1 is 0.174 bits per heavy atom. The zero-order valence-corrected chi connectivity index (χ0v) is 38.1. The zero-order valence-electron chi connectivity index (χ0n) is 38.1. The normalized spacial score (nSPS) is 11.2. The summed E-state index contributed by atoms with van der Waals surface area (Å²) in [7, 11) is 0. The summed E-state index contributed by atoms with van der Waals surface area (Å²) in [6.07, 6.45) is 0. The minimum absolute atomic E-state index is 1.07. The van der Waals surface area contributed by atoms with Crippen molar-refractivity contribution in [3.8, 4) is 77.9 Å². The molecule has 0 saturated carbocycles. The van der Waals surface area contributed by atoms with Gasteiger partial charge in [0.25, 0.3) is 0 Å². The van der Waals surface area contributed by atoms with Crippen LogP contribution < -0.4 is 4.90 Å². The molecule has 0 unspecified atom stereocenters. The highest BCUT2D eigenvalue weighted by atomic mass is 15.1. The summed E-state index contributed by atoms with van der Waals surface area (Å²) in [6, 6.07) is 104. The summed E-state index contributed by atoms with van der Waals surface area (Å²) in [5, 5.41) is 4.90. The average molecular weight is 878 g/mol. The van der Waals surface area contributed by atoms with E-state index < -0.39 is 0 Å². The molecular weight excluding hydrogens is 831 g/mol. The molecule has 0 N–H and O–H groups in total. The van der Waals surface area contributed by atoms with Crippen molar-refractivity contribution in [1.29, 1.82) is 0 Å². The van der Waals surface area contributed by atoms with Gasteiger partial charge in [0.15, 0.2) is 0 Å². The Bertz CT molecular complexity index is 3730. The molecule has 0 amide bonds. The van der Waals surface area contributed by atoms with Gasteiger partial charge in [-0.15, -0.1) is 0 Å². The molecule has 12 aromatic rings. The van der Waals surface area contributed by atoms with Crippen LogP contribution in [-0.4, -0.2) is 0 Å². The summed E-state index contributed by atoms with van der Waals surface area (Å²) in [4.78, 5) is 2.44. The van der Waals surface area contributed by atoms with E-state index in [2.05, 4.69) is 290 Å². The number of hydrogen-bond acceptors (Lipinski definition) is 1. The van der Waals surface area contributed by atoms with E-state index in [9.17, 15) is 0 Å². The Hall–Kier alpha value is -9.04. The molecule has 0 aliphatic heterocycles. The molecular formula is C68H47N. The van der Waals surface area contributed by atoms with Crippen LogP contribution in [0.1, 0.15) is 0 Å². The molecule has 0 bridgehead atoms. The van der Waals surface area contributed by atoms with Gasteiger partial charge in [-0.3, -0.25) is 0 Å². The summed E-state index contributed by atoms with van der Waals surface area (Å²) in [5.41, 5.74) is 19.8. The Morgan fingerprint density at radius 2 is 0.507 bits per heavy atom. The molecule has 12 rings (SSSR count). The van der Waals surface area contributed by atoms with Gasteiger partial charge in [-0.1, -0.05) is 237 Å². The Kier molecular flexibility index (Phi) is 11.0. The van der Waals surface area contributed by atoms with E-state index in [1.165, 1.54) is 77.2 Å². The van der Waals surface area contributed by atoms with Crippen molar-refractivity contribution in [3.05, 3.63) is 285 Å². The highest BCUT2D eigenvalue weighted by Crippen LogP contribution is 2.45. The molecule has 0 radical (unpaired) electrons. The third kappa shape index (κ3) is 8.39. The number of nitrogens with zero attached hydrogens (tertiary/aromatic N) is 1. The standard InChI is InChI=1S/C68H47N/c1-4-14-48(15-5-1)51-24-26-52(27-25-51)53-32-38-63(39-33-53)69(64-40-34-54(35-41-64)60-36-42-65(55-18-6-2-7-19-55)67(46-60)56-20-8-3-9-21-56)68-47-61(59-30-28-49-16-10-12-22-57(49)44-59)37-43-66(68)62-31-29-50-17-11-13-23-58(50)45-62/h1-47H. The third-order valence-electron chi connectivity index (χ3n) is 13.5. The Morgan fingerprint density at radius 3 is 1.04 bits per heavy atom. The molecule has 0 fully saturated rings. The van der Waals surface area contributed by atoms with Gasteiger partial charge in [0.05, 0.1) is 5.69 Å². The second kappa shape index (κ2) is 18.3. The first-order chi connectivity index (χ1) is 34.2. The predicted octanol–water partition coefficient (Wildman–Crippen LogP) is 19.1. The first-order valence-corrected chi connectivity index (χ1v) is 23.7. The number of anilines is 3. The summed E-state index contributed by atoms with van der Waals surface area (Å²) >= 11 is 0. The van der Waals surface area contributed by atoms with Crippen LogP contribution in [-0.2, 0) is 0 Å². The van der Waals surface area contributed by atoms with Crippen LogP contribution in [0.5, 0.6) is 0 Å². The van der Waals surface area contributed by atoms with Crippen molar-refractivity contribution < 1.29 is 0 Å². The van der Waals surface area contributed by atoms with E-state index in [1.54, 1.807) is 0 Å². The number of benzene rings is 12. The van der Waals surface area contributed by atoms with E-state index in [-0.39, 0.29) is 0 Å². The fourth-order valence-electron chi connectivity index (χ4n) is 9.83. The molecule has 69 heavy (non-hydrogen) atoms. The van der Waals surface area contributed by atoms with Crippen LogP contribution in [0.2, 0.25) is 0 Å². The first-order valence-electron chi connectivity index (χ1n) is 23.7. The Labute approximate surface area is 404 Å². The lowest BCUT2D eigenvalue weighted by Crippen LogP contribution is -2.11. The number of rotatable bonds is 10. The third-order valence-corrected chi connectivity index (χ3v) is 13.5. The topological polar surface area (TPSA) is 3.24 Å². The molecule has 0 atom stereocenters. The van der Waals surface area contributed by atoms with E-state index in [1.807, 2.05) is 0 Å². The van der Waals surface area contributed by atoms with Crippen molar-refractivity contribution in [2.75, 3.05) is 4.90 Å². The van der Waals surface area contributed by atoms with Crippen LogP contribution in [0.3, 0.4) is 0 Å². The zero-order chi connectivity index (χ0) is 45.9. The summed E-state index contributed by atoms with van der Waals surface area (Å²) < 4.78 is 0. The summed E-state index contributed by atoms with van der Waals surface area (Å²) in [5.74, 6) is 0. The van der Waals surface area contributed by atoms with Gasteiger partial charge in [-0.25, -0.2) is 0 Å². The molecule has 0 aliphatic carbocycles. The monoisotopic (exact) mass is 877 g/mol. The second-order valence-corrected chi connectivity index (χ2v) is 17.7. The van der Waals surface area contributed by atoms with Crippen molar-refractivity contribution in [1.82, 2.24) is 0 Å². The minimum atomic E-state index is 1.07. The van der Waals surface area contributed by atoms with Crippen LogP contribution in [0.15, 0.2) is 285 Å². The molecule has 1 nitrogen and oxygen atoms in total. The van der Waals surface area contributed by atoms with Crippen LogP contribution >= 0.6 is 0 Å². The molecule has 0 aromatic heterocycles. The van der Waals surface area contributed by atoms with Crippen molar-refractivity contribution in [2.24, 2.45) is 0 Å². The molecule has 0 saturated heterocycles. The molecule has 0 heterocycles. The Balaban J connectivity index is 1.00. The minimum Gasteiger partial charge on any atom is -0.310 e. The maximum Gasteiger partial charge on any atom is 0.0546 e. The van der Waals surface area contributed by atoms with Gasteiger partial charge >= 0.3 is 0 Å². The van der Waals surface area contributed by atoms with Gasteiger partial charge in [-0.05, 0) is 142 Å². The van der Waals surface area contributed by atoms with E-state index in [0.29, 0.717) is 0 Å². The van der Waals surface area contributed by atoms with E-state index >= 15 is 0 Å². The molecule has 0 aliphatic rings. The fraction of sp³-hybridized carbons (Fsp3) is 0. The lowest BCUT2D eigenvalue weighted by atomic mass is 9.91. The van der Waals surface area contributed by atoms with Crippen molar-refractivity contribution in [3.63, 3.8) is 0 Å².